The van der Waals surface area contributed by atoms with Crippen LogP contribution in [0.5, 0.6) is 11.5 Å². The molecule has 10 heteroatoms. The second kappa shape index (κ2) is 9.26. The highest BCUT2D eigenvalue weighted by molar-refractivity contribution is 7.92. The Morgan fingerprint density at radius 3 is 2.59 bits per heavy atom. The number of sulfonamides is 1. The third-order valence-corrected chi connectivity index (χ3v) is 4.96. The highest BCUT2D eigenvalue weighted by atomic mass is 32.2. The van der Waals surface area contributed by atoms with Gasteiger partial charge in [-0.25, -0.2) is 13.4 Å². The Labute approximate surface area is 159 Å². The minimum Gasteiger partial charge on any atom is -0.493 e. The number of rotatable bonds is 10. The van der Waals surface area contributed by atoms with Crippen LogP contribution in [-0.2, 0) is 21.4 Å². The van der Waals surface area contributed by atoms with Crippen LogP contribution in [0.1, 0.15) is 6.42 Å². The number of carbonyl (C=O) groups excluding carboxylic acids is 1. The molecule has 0 saturated heterocycles. The Hall–Kier alpha value is -2.75. The van der Waals surface area contributed by atoms with Gasteiger partial charge in [-0.2, -0.15) is 0 Å². The van der Waals surface area contributed by atoms with E-state index in [-0.39, 0.29) is 12.5 Å². The SMILES string of the molecule is COc1ccc(N(CC(=O)NCCCn2ccnc2)S(C)(=O)=O)cc1OC. The first kappa shape index (κ1) is 20.6. The van der Waals surface area contributed by atoms with Crippen molar-refractivity contribution in [1.82, 2.24) is 14.9 Å². The van der Waals surface area contributed by atoms with Gasteiger partial charge in [0.05, 0.1) is 32.5 Å². The van der Waals surface area contributed by atoms with Gasteiger partial charge in [-0.1, -0.05) is 0 Å². The second-order valence-electron chi connectivity index (χ2n) is 5.81. The van der Waals surface area contributed by atoms with Crippen LogP contribution in [0.4, 0.5) is 5.69 Å². The number of nitrogens with one attached hydrogen (secondary N) is 1. The minimum absolute atomic E-state index is 0.320. The summed E-state index contributed by atoms with van der Waals surface area (Å²) >= 11 is 0. The van der Waals surface area contributed by atoms with Crippen molar-refractivity contribution >= 4 is 21.6 Å². The molecule has 27 heavy (non-hydrogen) atoms. The molecule has 0 bridgehead atoms. The first-order valence-corrected chi connectivity index (χ1v) is 10.1. The van der Waals surface area contributed by atoms with Gasteiger partial charge in [0.1, 0.15) is 6.54 Å². The molecule has 148 valence electrons. The van der Waals surface area contributed by atoms with Crippen LogP contribution in [0.25, 0.3) is 0 Å². The maximum absolute atomic E-state index is 12.2. The van der Waals surface area contributed by atoms with E-state index in [1.54, 1.807) is 24.7 Å². The van der Waals surface area contributed by atoms with Gasteiger partial charge in [0, 0.05) is 31.5 Å². The summed E-state index contributed by atoms with van der Waals surface area (Å²) in [4.78, 5) is 16.2. The zero-order valence-corrected chi connectivity index (χ0v) is 16.4. The van der Waals surface area contributed by atoms with E-state index in [0.717, 1.165) is 10.6 Å². The summed E-state index contributed by atoms with van der Waals surface area (Å²) in [6.07, 6.45) is 6.98. The summed E-state index contributed by atoms with van der Waals surface area (Å²) in [7, 11) is -0.713. The fourth-order valence-corrected chi connectivity index (χ4v) is 3.32. The highest BCUT2D eigenvalue weighted by Gasteiger charge is 2.22. The summed E-state index contributed by atoms with van der Waals surface area (Å²) < 4.78 is 37.6. The lowest BCUT2D eigenvalue weighted by atomic mass is 10.2. The van der Waals surface area contributed by atoms with E-state index in [1.165, 1.54) is 20.3 Å². The summed E-state index contributed by atoms with van der Waals surface area (Å²) in [5.74, 6) is 0.462. The summed E-state index contributed by atoms with van der Waals surface area (Å²) in [5, 5.41) is 2.73. The molecule has 9 nitrogen and oxygen atoms in total. The number of ether oxygens (including phenoxy) is 2. The Bertz CT molecular complexity index is 852. The molecule has 0 aliphatic carbocycles. The average Bonchev–Trinajstić information content (AvgIpc) is 3.15. The first-order chi connectivity index (χ1) is 12.8. The largest absolute Gasteiger partial charge is 0.493 e. The molecule has 0 fully saturated rings. The Morgan fingerprint density at radius 2 is 2.00 bits per heavy atom. The molecule has 1 amide bonds. The standard InChI is InChI=1S/C17H24N4O5S/c1-25-15-6-5-14(11-16(15)26-2)21(27(3,23)24)12-17(22)19-7-4-9-20-10-8-18-13-20/h5-6,8,10-11,13H,4,7,9,12H2,1-3H3,(H,19,22). The first-order valence-electron chi connectivity index (χ1n) is 8.27. The number of carbonyl (C=O) groups is 1. The molecule has 0 aliphatic rings. The fraction of sp³-hybridized carbons (Fsp3) is 0.412. The molecule has 0 aliphatic heterocycles. The van der Waals surface area contributed by atoms with Gasteiger partial charge in [0.15, 0.2) is 11.5 Å². The third-order valence-electron chi connectivity index (χ3n) is 3.82. The predicted molar refractivity (Wildman–Crippen MR) is 102 cm³/mol. The van der Waals surface area contributed by atoms with Crippen molar-refractivity contribution in [1.29, 1.82) is 0 Å². The van der Waals surface area contributed by atoms with Gasteiger partial charge in [-0.3, -0.25) is 9.10 Å². The molecule has 1 heterocycles. The number of imidazole rings is 1. The monoisotopic (exact) mass is 396 g/mol. The van der Waals surface area contributed by atoms with Crippen molar-refractivity contribution in [3.63, 3.8) is 0 Å². The number of nitrogens with zero attached hydrogens (tertiary/aromatic N) is 3. The van der Waals surface area contributed by atoms with Gasteiger partial charge in [0.2, 0.25) is 15.9 Å². The number of hydrogen-bond donors (Lipinski definition) is 1. The maximum Gasteiger partial charge on any atom is 0.240 e. The summed E-state index contributed by atoms with van der Waals surface area (Å²) in [5.41, 5.74) is 0.323. The summed E-state index contributed by atoms with van der Waals surface area (Å²) in [6, 6.07) is 4.68. The number of methoxy groups -OCH3 is 2. The van der Waals surface area contributed by atoms with Gasteiger partial charge in [-0.15, -0.1) is 0 Å². The molecule has 2 aromatic rings. The molecular formula is C17H24N4O5S. The molecular weight excluding hydrogens is 372 g/mol. The van der Waals surface area contributed by atoms with Gasteiger partial charge >= 0.3 is 0 Å². The van der Waals surface area contributed by atoms with Gasteiger partial charge < -0.3 is 19.4 Å². The lowest BCUT2D eigenvalue weighted by molar-refractivity contribution is -0.119. The van der Waals surface area contributed by atoms with Crippen LogP contribution in [0.15, 0.2) is 36.9 Å². The Morgan fingerprint density at radius 1 is 1.26 bits per heavy atom. The van der Waals surface area contributed by atoms with E-state index < -0.39 is 10.0 Å². The average molecular weight is 396 g/mol. The molecule has 0 atom stereocenters. The van der Waals surface area contributed by atoms with Gasteiger partial charge in [0.25, 0.3) is 0 Å². The van der Waals surface area contributed by atoms with Crippen LogP contribution < -0.4 is 19.1 Å². The highest BCUT2D eigenvalue weighted by Crippen LogP contribution is 2.32. The number of hydrogen-bond acceptors (Lipinski definition) is 6. The zero-order valence-electron chi connectivity index (χ0n) is 15.6. The van der Waals surface area contributed by atoms with Crippen molar-refractivity contribution in [3.8, 4) is 11.5 Å². The van der Waals surface area contributed by atoms with Crippen molar-refractivity contribution in [2.75, 3.05) is 37.9 Å². The molecule has 0 radical (unpaired) electrons. The van der Waals surface area contributed by atoms with Crippen LogP contribution in [0.2, 0.25) is 0 Å². The Kier molecular flexibility index (Phi) is 7.05. The molecule has 1 N–H and O–H groups in total. The number of amides is 1. The maximum atomic E-state index is 12.2. The second-order valence-corrected chi connectivity index (χ2v) is 7.72. The fourth-order valence-electron chi connectivity index (χ4n) is 2.47. The topological polar surface area (TPSA) is 103 Å². The lowest BCUT2D eigenvalue weighted by Crippen LogP contribution is -2.40. The molecule has 1 aromatic heterocycles. The summed E-state index contributed by atoms with van der Waals surface area (Å²) in [6.45, 7) is 0.825. The van der Waals surface area contributed by atoms with E-state index in [9.17, 15) is 13.2 Å². The number of aryl methyl sites for hydroxylation is 1. The number of aromatic nitrogens is 2. The molecule has 1 aromatic carbocycles. The quantitative estimate of drug-likeness (QED) is 0.598. The van der Waals surface area contributed by atoms with E-state index in [4.69, 9.17) is 9.47 Å². The number of anilines is 1. The molecule has 2 rings (SSSR count). The normalized spacial score (nSPS) is 11.1. The smallest absolute Gasteiger partial charge is 0.240 e. The van der Waals surface area contributed by atoms with Crippen molar-refractivity contribution in [2.24, 2.45) is 0 Å². The van der Waals surface area contributed by atoms with Crippen LogP contribution >= 0.6 is 0 Å². The predicted octanol–water partition coefficient (Wildman–Crippen LogP) is 0.873. The van der Waals surface area contributed by atoms with Crippen molar-refractivity contribution in [3.05, 3.63) is 36.9 Å². The third kappa shape index (κ3) is 5.88. The zero-order chi connectivity index (χ0) is 19.9. The molecule has 0 saturated carbocycles. The van der Waals surface area contributed by atoms with Crippen molar-refractivity contribution in [2.45, 2.75) is 13.0 Å². The van der Waals surface area contributed by atoms with Crippen LogP contribution in [-0.4, -0.2) is 57.4 Å². The lowest BCUT2D eigenvalue weighted by Gasteiger charge is -2.23. The van der Waals surface area contributed by atoms with E-state index in [1.807, 2.05) is 10.8 Å². The van der Waals surface area contributed by atoms with Crippen LogP contribution in [0, 0.1) is 0 Å². The molecule has 0 unspecified atom stereocenters. The van der Waals surface area contributed by atoms with Crippen molar-refractivity contribution < 1.29 is 22.7 Å². The van der Waals surface area contributed by atoms with Gasteiger partial charge in [-0.05, 0) is 18.6 Å². The van der Waals surface area contributed by atoms with E-state index in [2.05, 4.69) is 10.3 Å². The van der Waals surface area contributed by atoms with Crippen LogP contribution in [0.3, 0.4) is 0 Å². The number of benzene rings is 1. The van der Waals surface area contributed by atoms with E-state index >= 15 is 0 Å². The Balaban J connectivity index is 2.01. The minimum atomic E-state index is -3.66. The molecule has 0 spiro atoms. The van der Waals surface area contributed by atoms with E-state index in [0.29, 0.717) is 36.7 Å².